The van der Waals surface area contributed by atoms with Crippen molar-refractivity contribution in [2.45, 2.75) is 19.1 Å². The van der Waals surface area contributed by atoms with E-state index in [2.05, 4.69) is 11.9 Å². The SMILES string of the molecule is C=CC(=O)C(NCC)C1COCCOCCOCCOCCO1. The quantitative estimate of drug-likeness (QED) is 0.721. The number of hydrogen-bond acceptors (Lipinski definition) is 7. The molecule has 2 atom stereocenters. The van der Waals surface area contributed by atoms with Crippen LogP contribution in [0.4, 0.5) is 0 Å². The predicted molar refractivity (Wildman–Crippen MR) is 85.7 cm³/mol. The van der Waals surface area contributed by atoms with Crippen molar-refractivity contribution >= 4 is 5.78 Å². The number of carbonyl (C=O) groups excluding carboxylic acids is 1. The molecule has 0 aromatic heterocycles. The lowest BCUT2D eigenvalue weighted by molar-refractivity contribution is -0.124. The van der Waals surface area contributed by atoms with Crippen LogP contribution >= 0.6 is 0 Å². The Morgan fingerprint density at radius 2 is 1.57 bits per heavy atom. The van der Waals surface area contributed by atoms with E-state index in [9.17, 15) is 4.79 Å². The van der Waals surface area contributed by atoms with Crippen molar-refractivity contribution in [2.24, 2.45) is 0 Å². The maximum Gasteiger partial charge on any atom is 0.174 e. The number of ether oxygens (including phenoxy) is 5. The minimum absolute atomic E-state index is 0.107. The minimum Gasteiger partial charge on any atom is -0.377 e. The Labute approximate surface area is 138 Å². The summed E-state index contributed by atoms with van der Waals surface area (Å²) in [5.41, 5.74) is 0. The van der Waals surface area contributed by atoms with E-state index in [-0.39, 0.29) is 5.78 Å². The molecule has 0 aromatic rings. The molecule has 0 radical (unpaired) electrons. The van der Waals surface area contributed by atoms with Crippen molar-refractivity contribution < 1.29 is 28.5 Å². The van der Waals surface area contributed by atoms with E-state index in [1.807, 2.05) is 6.92 Å². The van der Waals surface area contributed by atoms with Crippen molar-refractivity contribution in [3.05, 3.63) is 12.7 Å². The largest absolute Gasteiger partial charge is 0.377 e. The Bertz CT molecular complexity index is 310. The first-order valence-electron chi connectivity index (χ1n) is 8.11. The third kappa shape index (κ3) is 9.14. The van der Waals surface area contributed by atoms with E-state index in [0.717, 1.165) is 0 Å². The predicted octanol–water partition coefficient (Wildman–Crippen LogP) is 0.185. The Morgan fingerprint density at radius 3 is 2.09 bits per heavy atom. The van der Waals surface area contributed by atoms with Gasteiger partial charge in [-0.3, -0.25) is 4.79 Å². The summed E-state index contributed by atoms with van der Waals surface area (Å²) in [6, 6.07) is -0.475. The monoisotopic (exact) mass is 331 g/mol. The Kier molecular flexibility index (Phi) is 11.9. The fourth-order valence-electron chi connectivity index (χ4n) is 2.12. The molecule has 0 spiro atoms. The Hall–Kier alpha value is -0.830. The van der Waals surface area contributed by atoms with Crippen LogP contribution in [0.15, 0.2) is 12.7 Å². The van der Waals surface area contributed by atoms with Gasteiger partial charge in [0.1, 0.15) is 6.10 Å². The van der Waals surface area contributed by atoms with E-state index in [4.69, 9.17) is 23.7 Å². The first kappa shape index (κ1) is 20.2. The molecule has 23 heavy (non-hydrogen) atoms. The van der Waals surface area contributed by atoms with E-state index in [0.29, 0.717) is 66.0 Å². The molecule has 0 amide bonds. The molecule has 1 fully saturated rings. The normalized spacial score (nSPS) is 24.1. The highest BCUT2D eigenvalue weighted by Gasteiger charge is 2.26. The van der Waals surface area contributed by atoms with Crippen LogP contribution in [0.2, 0.25) is 0 Å². The number of hydrogen-bond donors (Lipinski definition) is 1. The van der Waals surface area contributed by atoms with Crippen molar-refractivity contribution in [1.82, 2.24) is 5.32 Å². The molecule has 0 saturated carbocycles. The van der Waals surface area contributed by atoms with Crippen molar-refractivity contribution in [3.63, 3.8) is 0 Å². The lowest BCUT2D eigenvalue weighted by Gasteiger charge is -2.26. The number of likely N-dealkylation sites (N-methyl/N-ethyl adjacent to an activating group) is 1. The van der Waals surface area contributed by atoms with Gasteiger partial charge in [0.05, 0.1) is 65.5 Å². The maximum absolute atomic E-state index is 12.0. The third-order valence-electron chi connectivity index (χ3n) is 3.26. The van der Waals surface area contributed by atoms with Crippen LogP contribution in [0.3, 0.4) is 0 Å². The lowest BCUT2D eigenvalue weighted by Crippen LogP contribution is -2.49. The fraction of sp³-hybridized carbons (Fsp3) is 0.812. The second-order valence-electron chi connectivity index (χ2n) is 4.96. The average Bonchev–Trinajstić information content (AvgIpc) is 2.58. The van der Waals surface area contributed by atoms with Crippen LogP contribution in [0.25, 0.3) is 0 Å². The van der Waals surface area contributed by atoms with E-state index < -0.39 is 12.1 Å². The molecule has 0 aromatic carbocycles. The standard InChI is InChI=1S/C16H29NO6/c1-3-14(18)16(17-4-2)15-13-22-10-9-20-6-5-19-7-8-21-11-12-23-15/h3,15-17H,1,4-13H2,2H3. The fourth-order valence-corrected chi connectivity index (χ4v) is 2.12. The highest BCUT2D eigenvalue weighted by molar-refractivity contribution is 5.94. The van der Waals surface area contributed by atoms with Crippen LogP contribution in [-0.4, -0.2) is 83.9 Å². The topological polar surface area (TPSA) is 75.3 Å². The van der Waals surface area contributed by atoms with Crippen LogP contribution in [0.5, 0.6) is 0 Å². The van der Waals surface area contributed by atoms with Gasteiger partial charge in [0.2, 0.25) is 0 Å². The summed E-state index contributed by atoms with van der Waals surface area (Å²) in [6.07, 6.45) is 0.911. The number of carbonyl (C=O) groups is 1. The molecule has 1 N–H and O–H groups in total. The Morgan fingerprint density at radius 1 is 1.04 bits per heavy atom. The summed E-state index contributed by atoms with van der Waals surface area (Å²) in [4.78, 5) is 12.0. The van der Waals surface area contributed by atoms with Crippen LogP contribution < -0.4 is 5.32 Å². The molecule has 134 valence electrons. The summed E-state index contributed by atoms with van der Waals surface area (Å²) < 4.78 is 27.5. The lowest BCUT2D eigenvalue weighted by atomic mass is 10.1. The molecule has 7 heteroatoms. The molecule has 2 unspecified atom stereocenters. The molecule has 1 aliphatic rings. The number of ketones is 1. The van der Waals surface area contributed by atoms with Gasteiger partial charge in [-0.05, 0) is 12.6 Å². The zero-order chi connectivity index (χ0) is 16.8. The van der Waals surface area contributed by atoms with Gasteiger partial charge in [0.15, 0.2) is 5.78 Å². The summed E-state index contributed by atoms with van der Waals surface area (Å²) in [6.45, 7) is 10.3. The van der Waals surface area contributed by atoms with E-state index in [1.165, 1.54) is 6.08 Å². The van der Waals surface area contributed by atoms with Gasteiger partial charge in [-0.15, -0.1) is 0 Å². The second-order valence-corrected chi connectivity index (χ2v) is 4.96. The van der Waals surface area contributed by atoms with Gasteiger partial charge in [-0.2, -0.15) is 0 Å². The van der Waals surface area contributed by atoms with E-state index in [1.54, 1.807) is 0 Å². The van der Waals surface area contributed by atoms with Crippen molar-refractivity contribution in [2.75, 3.05) is 66.0 Å². The van der Waals surface area contributed by atoms with Crippen LogP contribution in [0.1, 0.15) is 6.92 Å². The molecule has 7 nitrogen and oxygen atoms in total. The van der Waals surface area contributed by atoms with Gasteiger partial charge in [-0.25, -0.2) is 0 Å². The molecule has 0 bridgehead atoms. The number of nitrogens with one attached hydrogen (secondary N) is 1. The summed E-state index contributed by atoms with van der Waals surface area (Å²) in [7, 11) is 0. The van der Waals surface area contributed by atoms with Gasteiger partial charge < -0.3 is 29.0 Å². The van der Waals surface area contributed by atoms with Gasteiger partial charge in [-0.1, -0.05) is 13.5 Å². The van der Waals surface area contributed by atoms with Gasteiger partial charge in [0, 0.05) is 0 Å². The van der Waals surface area contributed by atoms with Crippen molar-refractivity contribution in [3.8, 4) is 0 Å². The molecule has 0 aliphatic carbocycles. The van der Waals surface area contributed by atoms with Crippen LogP contribution in [-0.2, 0) is 28.5 Å². The van der Waals surface area contributed by atoms with Crippen LogP contribution in [0, 0.1) is 0 Å². The highest BCUT2D eigenvalue weighted by atomic mass is 16.6. The molecular formula is C16H29NO6. The zero-order valence-corrected chi connectivity index (χ0v) is 14.0. The second kappa shape index (κ2) is 13.6. The smallest absolute Gasteiger partial charge is 0.174 e. The Balaban J connectivity index is 2.56. The van der Waals surface area contributed by atoms with Gasteiger partial charge >= 0.3 is 0 Å². The molecule has 1 aliphatic heterocycles. The van der Waals surface area contributed by atoms with E-state index >= 15 is 0 Å². The maximum atomic E-state index is 12.0. The summed E-state index contributed by atoms with van der Waals surface area (Å²) in [5, 5.41) is 3.13. The average molecular weight is 331 g/mol. The molecule has 1 saturated heterocycles. The first-order valence-corrected chi connectivity index (χ1v) is 8.11. The number of rotatable bonds is 5. The highest BCUT2D eigenvalue weighted by Crippen LogP contribution is 2.04. The summed E-state index contributed by atoms with van der Waals surface area (Å²) >= 11 is 0. The molecule has 1 heterocycles. The van der Waals surface area contributed by atoms with Crippen molar-refractivity contribution in [1.29, 1.82) is 0 Å². The molecular weight excluding hydrogens is 302 g/mol. The third-order valence-corrected chi connectivity index (χ3v) is 3.26. The minimum atomic E-state index is -0.475. The molecule has 1 rings (SSSR count). The van der Waals surface area contributed by atoms with Gasteiger partial charge in [0.25, 0.3) is 0 Å². The first-order chi connectivity index (χ1) is 11.3. The zero-order valence-electron chi connectivity index (χ0n) is 14.0. The summed E-state index contributed by atoms with van der Waals surface area (Å²) in [5.74, 6) is -0.107.